The molecule has 2 aliphatic rings. The maximum atomic E-state index is 11.8. The summed E-state index contributed by atoms with van der Waals surface area (Å²) in [5.41, 5.74) is 4.72. The minimum atomic E-state index is -0.818. The fourth-order valence-corrected chi connectivity index (χ4v) is 3.89. The lowest BCUT2D eigenvalue weighted by molar-refractivity contribution is -0.156. The number of esters is 1. The van der Waals surface area contributed by atoms with Gasteiger partial charge in [0.05, 0.1) is 44.3 Å². The van der Waals surface area contributed by atoms with Gasteiger partial charge in [-0.15, -0.1) is 12.4 Å². The van der Waals surface area contributed by atoms with Crippen LogP contribution in [0.25, 0.3) is 0 Å². The number of halogens is 1. The van der Waals surface area contributed by atoms with Crippen molar-refractivity contribution in [3.8, 4) is 0 Å². The van der Waals surface area contributed by atoms with Gasteiger partial charge in [0, 0.05) is 6.04 Å². The number of nitrogens with two attached hydrogens (primary N) is 1. The van der Waals surface area contributed by atoms with E-state index in [2.05, 4.69) is 5.32 Å². The highest BCUT2D eigenvalue weighted by atomic mass is 35.5. The Labute approximate surface area is 221 Å². The quantitative estimate of drug-likeness (QED) is 0.371. The van der Waals surface area contributed by atoms with Crippen molar-refractivity contribution in [1.29, 1.82) is 0 Å². The average Bonchev–Trinajstić information content (AvgIpc) is 3.28. The predicted octanol–water partition coefficient (Wildman–Crippen LogP) is 3.96. The molecule has 0 aromatic rings. The molecule has 0 saturated heterocycles. The van der Waals surface area contributed by atoms with Crippen LogP contribution < -0.4 is 11.1 Å². The van der Waals surface area contributed by atoms with Gasteiger partial charge in [-0.2, -0.15) is 0 Å². The summed E-state index contributed by atoms with van der Waals surface area (Å²) >= 11 is 0. The standard InChI is InChI=1S/C17H31NO5.C8H15NO3.ClH/c1-16(2,3)22-14(19)10-11-21-13-9-7-8-12(13)18-15(20)23-17(4,5)6;9-6-2-1-3-7(6)12-5-4-8(10)11;/h12-13H,7-11H2,1-6H3,(H,18,20);6-7H,1-5,9H2,(H,10,11);1H/t12-,13-;6-,7-;/m00./s1. The van der Waals surface area contributed by atoms with Gasteiger partial charge in [0.2, 0.25) is 0 Å². The third-order valence-corrected chi connectivity index (χ3v) is 5.36. The van der Waals surface area contributed by atoms with E-state index < -0.39 is 23.3 Å². The fraction of sp³-hybridized carbons (Fsp3) is 0.880. The highest BCUT2D eigenvalue weighted by Crippen LogP contribution is 2.23. The van der Waals surface area contributed by atoms with E-state index in [1.807, 2.05) is 41.5 Å². The highest BCUT2D eigenvalue weighted by molar-refractivity contribution is 5.85. The largest absolute Gasteiger partial charge is 0.481 e. The first-order valence-corrected chi connectivity index (χ1v) is 12.6. The summed E-state index contributed by atoms with van der Waals surface area (Å²) in [5, 5.41) is 11.2. The molecule has 0 heterocycles. The Hall–Kier alpha value is -1.62. The number of carbonyl (C=O) groups excluding carboxylic acids is 2. The third-order valence-electron chi connectivity index (χ3n) is 5.36. The lowest BCUT2D eigenvalue weighted by Gasteiger charge is -2.25. The van der Waals surface area contributed by atoms with Crippen LogP contribution in [-0.2, 0) is 28.5 Å². The average molecular weight is 539 g/mol. The first-order chi connectivity index (χ1) is 16.2. The Morgan fingerprint density at radius 1 is 0.833 bits per heavy atom. The third kappa shape index (κ3) is 16.2. The van der Waals surface area contributed by atoms with E-state index >= 15 is 0 Å². The molecule has 0 unspecified atom stereocenters. The second kappa shape index (κ2) is 16.3. The number of nitrogens with one attached hydrogen (secondary N) is 1. The Kier molecular flexibility index (Phi) is 15.5. The number of ether oxygens (including phenoxy) is 4. The molecule has 2 rings (SSSR count). The molecular formula is C25H47ClN2O8. The van der Waals surface area contributed by atoms with Crippen molar-refractivity contribution in [2.24, 2.45) is 5.73 Å². The van der Waals surface area contributed by atoms with Crippen LogP contribution in [0.5, 0.6) is 0 Å². The van der Waals surface area contributed by atoms with E-state index in [1.54, 1.807) is 0 Å². The van der Waals surface area contributed by atoms with E-state index in [9.17, 15) is 14.4 Å². The topological polar surface area (TPSA) is 146 Å². The zero-order valence-electron chi connectivity index (χ0n) is 22.7. The molecule has 1 amide bonds. The minimum Gasteiger partial charge on any atom is -0.481 e. The van der Waals surface area contributed by atoms with Gasteiger partial charge in [-0.3, -0.25) is 9.59 Å². The summed E-state index contributed by atoms with van der Waals surface area (Å²) in [5.74, 6) is -1.09. The van der Waals surface area contributed by atoms with Crippen LogP contribution in [0.15, 0.2) is 0 Å². The zero-order chi connectivity index (χ0) is 26.6. The number of carboxylic acids is 1. The Balaban J connectivity index is 0.000000794. The molecule has 10 nitrogen and oxygen atoms in total. The number of rotatable bonds is 9. The second-order valence-electron chi connectivity index (χ2n) is 11.1. The summed E-state index contributed by atoms with van der Waals surface area (Å²) in [7, 11) is 0. The molecule has 0 radical (unpaired) electrons. The number of aliphatic carboxylic acids is 1. The Bertz CT molecular complexity index is 678. The first-order valence-electron chi connectivity index (χ1n) is 12.6. The summed E-state index contributed by atoms with van der Waals surface area (Å²) in [4.78, 5) is 33.6. The number of amides is 1. The normalized spacial score (nSPS) is 23.6. The van der Waals surface area contributed by atoms with Crippen molar-refractivity contribution in [2.45, 2.75) is 128 Å². The number of hydrogen-bond donors (Lipinski definition) is 3. The van der Waals surface area contributed by atoms with Crippen LogP contribution in [0.1, 0.15) is 92.9 Å². The van der Waals surface area contributed by atoms with E-state index in [0.717, 1.165) is 38.5 Å². The zero-order valence-corrected chi connectivity index (χ0v) is 23.5. The highest BCUT2D eigenvalue weighted by Gasteiger charge is 2.31. The van der Waals surface area contributed by atoms with Crippen molar-refractivity contribution < 1.29 is 38.4 Å². The maximum absolute atomic E-state index is 11.8. The van der Waals surface area contributed by atoms with Crippen LogP contribution in [0.2, 0.25) is 0 Å². The number of alkyl carbamates (subject to hydrolysis) is 1. The molecule has 2 aliphatic carbocycles. The lowest BCUT2D eigenvalue weighted by atomic mass is 10.2. The number of hydrogen-bond acceptors (Lipinski definition) is 8. The molecule has 36 heavy (non-hydrogen) atoms. The summed E-state index contributed by atoms with van der Waals surface area (Å²) < 4.78 is 21.6. The van der Waals surface area contributed by atoms with Gasteiger partial charge in [-0.1, -0.05) is 0 Å². The second-order valence-corrected chi connectivity index (χ2v) is 11.1. The van der Waals surface area contributed by atoms with Crippen LogP contribution >= 0.6 is 12.4 Å². The van der Waals surface area contributed by atoms with E-state index in [4.69, 9.17) is 29.8 Å². The molecule has 0 aromatic carbocycles. The maximum Gasteiger partial charge on any atom is 0.407 e. The molecule has 0 aromatic heterocycles. The molecule has 4 atom stereocenters. The molecular weight excluding hydrogens is 492 g/mol. The molecule has 0 bridgehead atoms. The fourth-order valence-electron chi connectivity index (χ4n) is 3.89. The molecule has 0 spiro atoms. The van der Waals surface area contributed by atoms with Gasteiger partial charge < -0.3 is 35.1 Å². The SMILES string of the molecule is CC(C)(C)OC(=O)CCO[C@H]1CCC[C@@H]1NC(=O)OC(C)(C)C.Cl.N[C@H]1CCC[C@@H]1OCCC(=O)O. The molecule has 0 aliphatic heterocycles. The van der Waals surface area contributed by atoms with Gasteiger partial charge in [0.15, 0.2) is 0 Å². The van der Waals surface area contributed by atoms with Crippen molar-refractivity contribution in [2.75, 3.05) is 13.2 Å². The monoisotopic (exact) mass is 538 g/mol. The van der Waals surface area contributed by atoms with Gasteiger partial charge in [0.1, 0.15) is 11.2 Å². The van der Waals surface area contributed by atoms with Gasteiger partial charge in [-0.25, -0.2) is 4.79 Å². The van der Waals surface area contributed by atoms with Crippen molar-refractivity contribution in [3.63, 3.8) is 0 Å². The molecule has 2 saturated carbocycles. The van der Waals surface area contributed by atoms with E-state index in [-0.39, 0.29) is 62.1 Å². The lowest BCUT2D eigenvalue weighted by Crippen LogP contribution is -2.43. The molecule has 11 heteroatoms. The minimum absolute atomic E-state index is 0. The van der Waals surface area contributed by atoms with Crippen LogP contribution in [0.3, 0.4) is 0 Å². The summed E-state index contributed by atoms with van der Waals surface area (Å²) in [6.07, 6.45) is 5.65. The van der Waals surface area contributed by atoms with Gasteiger partial charge in [0.25, 0.3) is 0 Å². The number of carboxylic acid groups (broad SMARTS) is 1. The molecule has 212 valence electrons. The molecule has 2 fully saturated rings. The van der Waals surface area contributed by atoms with Crippen molar-refractivity contribution in [1.82, 2.24) is 5.32 Å². The van der Waals surface area contributed by atoms with Crippen molar-refractivity contribution >= 4 is 30.4 Å². The summed E-state index contributed by atoms with van der Waals surface area (Å²) in [6, 6.07) is 0.0438. The van der Waals surface area contributed by atoms with Crippen LogP contribution in [0, 0.1) is 0 Å². The smallest absolute Gasteiger partial charge is 0.407 e. The molecule has 4 N–H and O–H groups in total. The van der Waals surface area contributed by atoms with Crippen LogP contribution in [0.4, 0.5) is 4.79 Å². The van der Waals surface area contributed by atoms with Crippen LogP contribution in [-0.4, -0.2) is 71.8 Å². The Morgan fingerprint density at radius 3 is 1.89 bits per heavy atom. The van der Waals surface area contributed by atoms with Gasteiger partial charge in [-0.05, 0) is 80.1 Å². The van der Waals surface area contributed by atoms with Gasteiger partial charge >= 0.3 is 18.0 Å². The first kappa shape index (κ1) is 34.4. The summed E-state index contributed by atoms with van der Waals surface area (Å²) in [6.45, 7) is 11.6. The number of carbonyl (C=O) groups is 3. The van der Waals surface area contributed by atoms with Crippen molar-refractivity contribution in [3.05, 3.63) is 0 Å². The van der Waals surface area contributed by atoms with E-state index in [1.165, 1.54) is 0 Å². The Morgan fingerprint density at radius 2 is 1.36 bits per heavy atom. The van der Waals surface area contributed by atoms with E-state index in [0.29, 0.717) is 6.61 Å². The predicted molar refractivity (Wildman–Crippen MR) is 138 cm³/mol.